The van der Waals surface area contributed by atoms with Crippen molar-refractivity contribution in [1.82, 2.24) is 0 Å². The van der Waals surface area contributed by atoms with Crippen molar-refractivity contribution in [2.45, 2.75) is 0 Å². The number of carboxylic acids is 1. The van der Waals surface area contributed by atoms with Gasteiger partial charge < -0.3 is 5.11 Å². The first-order valence-electron chi connectivity index (χ1n) is 9.44. The molecule has 1 N–H and O–H groups in total. The van der Waals surface area contributed by atoms with Crippen LogP contribution in [-0.2, 0) is 0 Å². The third-order valence-corrected chi connectivity index (χ3v) is 8.77. The highest BCUT2D eigenvalue weighted by atomic mass is 32.1. The molecule has 4 aromatic heterocycles. The number of hydrogen-bond donors (Lipinski definition) is 2. The van der Waals surface area contributed by atoms with Gasteiger partial charge in [-0.2, -0.15) is 0 Å². The van der Waals surface area contributed by atoms with Crippen LogP contribution in [-0.4, -0.2) is 16.2 Å². The minimum Gasteiger partial charge on any atom is -0.478 e. The van der Waals surface area contributed by atoms with Crippen LogP contribution in [0.1, 0.15) is 20.7 Å². The van der Waals surface area contributed by atoms with E-state index in [0.29, 0.717) is 27.8 Å². The number of hydrogen-bond acceptors (Lipinski definition) is 6. The zero-order valence-corrected chi connectivity index (χ0v) is 20.4. The van der Waals surface area contributed by atoms with E-state index >= 15 is 0 Å². The number of aromatic carboxylic acids is 1. The Hall–Kier alpha value is -2.49. The third-order valence-electron chi connectivity index (χ3n) is 5.00. The molecule has 0 radical (unpaired) electrons. The van der Waals surface area contributed by atoms with Gasteiger partial charge in [-0.3, -0.25) is 4.79 Å². The van der Waals surface area contributed by atoms with Gasteiger partial charge in [-0.25, -0.2) is 4.79 Å². The molecule has 0 fully saturated rings. The Labute approximate surface area is 205 Å². The minimum atomic E-state index is -1.02. The fourth-order valence-electron chi connectivity index (χ4n) is 3.85. The van der Waals surface area contributed by atoms with Gasteiger partial charge in [0.1, 0.15) is 0 Å². The van der Waals surface area contributed by atoms with Crippen molar-refractivity contribution in [1.29, 1.82) is 0 Å². The van der Waals surface area contributed by atoms with Crippen molar-refractivity contribution in [3.8, 4) is 41.8 Å². The maximum absolute atomic E-state index is 13.1. The molecule has 0 aliphatic heterocycles. The monoisotopic (exact) mass is 510 g/mol. The summed E-state index contributed by atoms with van der Waals surface area (Å²) in [7, 11) is 0. The Kier molecular flexibility index (Phi) is 5.88. The number of carbonyl (C=O) groups excluding carboxylic acids is 1. The third kappa shape index (κ3) is 3.58. The lowest BCUT2D eigenvalue weighted by molar-refractivity contribution is 0.0698. The smallest absolute Gasteiger partial charge is 0.337 e. The molecular formula is C24H14O3S5. The van der Waals surface area contributed by atoms with Crippen molar-refractivity contribution in [3.05, 3.63) is 81.2 Å². The lowest BCUT2D eigenvalue weighted by atomic mass is 9.84. The Morgan fingerprint density at radius 2 is 0.906 bits per heavy atom. The predicted octanol–water partition coefficient (Wildman–Crippen LogP) is 8.37. The van der Waals surface area contributed by atoms with E-state index in [-0.39, 0.29) is 10.7 Å². The van der Waals surface area contributed by atoms with Gasteiger partial charge in [0.05, 0.1) is 5.56 Å². The normalized spacial score (nSPS) is 11.0. The number of benzene rings is 1. The summed E-state index contributed by atoms with van der Waals surface area (Å²) in [6.45, 7) is 0. The molecule has 0 saturated heterocycles. The van der Waals surface area contributed by atoms with Crippen LogP contribution < -0.4 is 0 Å². The van der Waals surface area contributed by atoms with Crippen LogP contribution in [0.3, 0.4) is 0 Å². The lowest BCUT2D eigenvalue weighted by Gasteiger charge is -2.22. The number of rotatable bonds is 6. The predicted molar refractivity (Wildman–Crippen MR) is 140 cm³/mol. The Morgan fingerprint density at radius 3 is 1.12 bits per heavy atom. The van der Waals surface area contributed by atoms with E-state index in [4.69, 9.17) is 0 Å². The second-order valence-corrected chi connectivity index (χ2v) is 11.0. The Bertz CT molecular complexity index is 1190. The average molecular weight is 511 g/mol. The summed E-state index contributed by atoms with van der Waals surface area (Å²) in [5, 5.41) is 17.8. The molecular weight excluding hydrogens is 497 g/mol. The van der Waals surface area contributed by atoms with Gasteiger partial charge in [-0.15, -0.1) is 58.0 Å². The molecule has 5 rings (SSSR count). The van der Waals surface area contributed by atoms with Crippen LogP contribution in [0, 0.1) is 0 Å². The van der Waals surface area contributed by atoms with Crippen molar-refractivity contribution >= 4 is 69.1 Å². The minimum absolute atomic E-state index is 0.208. The standard InChI is InChI=1S/C24H14O3S5/c25-23(26)21-17(13-5-1-9-29-13)19(15-7-3-11-31-15)22(24(27)28)20(16-8-4-12-32-16)18(21)14-6-2-10-30-14/h1-12H,(H,25,26)(H,27,28). The molecule has 0 aliphatic carbocycles. The maximum Gasteiger partial charge on any atom is 0.337 e. The molecule has 0 atom stereocenters. The van der Waals surface area contributed by atoms with Gasteiger partial charge in [0.2, 0.25) is 5.12 Å². The first-order chi connectivity index (χ1) is 15.6. The van der Waals surface area contributed by atoms with E-state index in [2.05, 4.69) is 12.6 Å². The molecule has 4 heterocycles. The van der Waals surface area contributed by atoms with Gasteiger partial charge in [0.15, 0.2) is 0 Å². The molecule has 0 bridgehead atoms. The molecule has 0 amide bonds. The largest absolute Gasteiger partial charge is 0.478 e. The fourth-order valence-corrected chi connectivity index (χ4v) is 7.20. The number of carboxylic acid groups (broad SMARTS) is 1. The van der Waals surface area contributed by atoms with Crippen molar-refractivity contribution in [3.63, 3.8) is 0 Å². The molecule has 1 aromatic carbocycles. The molecule has 0 unspecified atom stereocenters. The van der Waals surface area contributed by atoms with Crippen molar-refractivity contribution < 1.29 is 14.7 Å². The zero-order chi connectivity index (χ0) is 22.2. The van der Waals surface area contributed by atoms with E-state index in [0.717, 1.165) is 19.5 Å². The van der Waals surface area contributed by atoms with E-state index < -0.39 is 5.97 Å². The number of thiophene rings is 4. The molecule has 0 saturated carbocycles. The second-order valence-electron chi connectivity index (χ2n) is 6.77. The van der Waals surface area contributed by atoms with Crippen LogP contribution in [0.25, 0.3) is 41.8 Å². The first-order valence-corrected chi connectivity index (χ1v) is 13.4. The van der Waals surface area contributed by atoms with Gasteiger partial charge in [-0.1, -0.05) is 24.3 Å². The first kappa shape index (κ1) is 21.4. The Morgan fingerprint density at radius 1 is 0.594 bits per heavy atom. The van der Waals surface area contributed by atoms with E-state index in [1.165, 1.54) is 45.3 Å². The van der Waals surface area contributed by atoms with Gasteiger partial charge in [0.25, 0.3) is 0 Å². The van der Waals surface area contributed by atoms with Crippen LogP contribution in [0.4, 0.5) is 0 Å². The fraction of sp³-hybridized carbons (Fsp3) is 0. The summed E-state index contributed by atoms with van der Waals surface area (Å²) in [5.74, 6) is -1.02. The van der Waals surface area contributed by atoms with E-state index in [1.807, 2.05) is 70.1 Å². The van der Waals surface area contributed by atoms with Crippen molar-refractivity contribution in [2.75, 3.05) is 0 Å². The van der Waals surface area contributed by atoms with Gasteiger partial charge in [-0.05, 0) is 45.8 Å². The van der Waals surface area contributed by atoms with Gasteiger partial charge in [0, 0.05) is 47.3 Å². The summed E-state index contributed by atoms with van der Waals surface area (Å²) in [6, 6.07) is 15.2. The topological polar surface area (TPSA) is 54.4 Å². The summed E-state index contributed by atoms with van der Waals surface area (Å²) in [6.07, 6.45) is 0. The molecule has 158 valence electrons. The summed E-state index contributed by atoms with van der Waals surface area (Å²) in [4.78, 5) is 29.3. The second kappa shape index (κ2) is 8.80. The molecule has 3 nitrogen and oxygen atoms in total. The van der Waals surface area contributed by atoms with E-state index in [1.54, 1.807) is 0 Å². The van der Waals surface area contributed by atoms with Crippen LogP contribution >= 0.6 is 58.0 Å². The highest BCUT2D eigenvalue weighted by Crippen LogP contribution is 2.52. The maximum atomic E-state index is 13.1. The SMILES string of the molecule is O=C(O)c1c(-c2cccs2)c(-c2cccs2)c(C(=O)S)c(-c2cccs2)c1-c1cccs1. The lowest BCUT2D eigenvalue weighted by Crippen LogP contribution is -2.10. The van der Waals surface area contributed by atoms with E-state index in [9.17, 15) is 14.7 Å². The molecule has 32 heavy (non-hydrogen) atoms. The van der Waals surface area contributed by atoms with Crippen LogP contribution in [0.5, 0.6) is 0 Å². The highest BCUT2D eigenvalue weighted by Gasteiger charge is 2.33. The van der Waals surface area contributed by atoms with Crippen LogP contribution in [0.2, 0.25) is 0 Å². The summed E-state index contributed by atoms with van der Waals surface area (Å²) >= 11 is 10.2. The molecule has 5 aromatic rings. The highest BCUT2D eigenvalue weighted by molar-refractivity contribution is 7.97. The van der Waals surface area contributed by atoms with Crippen molar-refractivity contribution in [2.24, 2.45) is 0 Å². The average Bonchev–Trinajstić information content (AvgIpc) is 3.59. The molecule has 0 aliphatic rings. The quantitative estimate of drug-likeness (QED) is 0.226. The summed E-state index contributed by atoms with van der Waals surface area (Å²) < 4.78 is 0. The Balaban J connectivity index is 2.09. The zero-order valence-electron chi connectivity index (χ0n) is 16.3. The number of carbonyl (C=O) groups is 2. The number of thiol groups is 1. The van der Waals surface area contributed by atoms with Gasteiger partial charge >= 0.3 is 5.97 Å². The molecule has 8 heteroatoms. The van der Waals surface area contributed by atoms with Crippen LogP contribution in [0.15, 0.2) is 70.1 Å². The molecule has 0 spiro atoms. The summed E-state index contributed by atoms with van der Waals surface area (Å²) in [5.41, 5.74) is 3.04.